The summed E-state index contributed by atoms with van der Waals surface area (Å²) >= 11 is 5.88. The Morgan fingerprint density at radius 1 is 1.31 bits per heavy atom. The van der Waals surface area contributed by atoms with E-state index in [9.17, 15) is 0 Å². The number of hydrogen-bond donors (Lipinski definition) is 1. The van der Waals surface area contributed by atoms with E-state index in [0.717, 1.165) is 17.8 Å². The Bertz CT molecular complexity index is 335. The van der Waals surface area contributed by atoms with Crippen LogP contribution in [0, 0.1) is 0 Å². The number of rotatable bonds is 5. The summed E-state index contributed by atoms with van der Waals surface area (Å²) in [5, 5.41) is 0.700. The fourth-order valence-electron chi connectivity index (χ4n) is 2.02. The lowest BCUT2D eigenvalue weighted by atomic mass is 10.1. The van der Waals surface area contributed by atoms with Crippen molar-refractivity contribution in [1.29, 1.82) is 0 Å². The second kappa shape index (κ2) is 6.12. The molecule has 0 unspecified atom stereocenters. The molecule has 0 aromatic heterocycles. The smallest absolute Gasteiger partial charge is 0.0426 e. The molecule has 0 spiro atoms. The Hall–Kier alpha value is -0.730. The molecule has 90 valence electrons. The zero-order valence-electron chi connectivity index (χ0n) is 10.3. The van der Waals surface area contributed by atoms with Crippen LogP contribution in [0.3, 0.4) is 0 Å². The van der Waals surface area contributed by atoms with Crippen LogP contribution in [0.4, 0.5) is 5.69 Å². The molecule has 0 bridgehead atoms. The van der Waals surface area contributed by atoms with E-state index in [4.69, 9.17) is 17.3 Å². The van der Waals surface area contributed by atoms with Gasteiger partial charge < -0.3 is 5.73 Å². The first-order valence-corrected chi connectivity index (χ1v) is 6.20. The van der Waals surface area contributed by atoms with Gasteiger partial charge in [0.1, 0.15) is 0 Å². The van der Waals surface area contributed by atoms with Crippen molar-refractivity contribution < 1.29 is 0 Å². The quantitative estimate of drug-likeness (QED) is 0.798. The van der Waals surface area contributed by atoms with Crippen molar-refractivity contribution in [2.45, 2.75) is 39.3 Å². The zero-order valence-corrected chi connectivity index (χ0v) is 11.1. The number of halogens is 1. The molecule has 2 nitrogen and oxygen atoms in total. The van der Waals surface area contributed by atoms with E-state index in [1.165, 1.54) is 12.8 Å². The van der Waals surface area contributed by atoms with Crippen LogP contribution in [0.5, 0.6) is 0 Å². The van der Waals surface area contributed by atoms with Crippen LogP contribution in [0.15, 0.2) is 18.2 Å². The van der Waals surface area contributed by atoms with Crippen LogP contribution in [-0.2, 0) is 6.54 Å². The predicted molar refractivity (Wildman–Crippen MR) is 71.7 cm³/mol. The van der Waals surface area contributed by atoms with E-state index in [2.05, 4.69) is 25.8 Å². The summed E-state index contributed by atoms with van der Waals surface area (Å²) in [5.41, 5.74) is 7.88. The minimum Gasteiger partial charge on any atom is -0.398 e. The van der Waals surface area contributed by atoms with E-state index in [0.29, 0.717) is 11.1 Å². The van der Waals surface area contributed by atoms with Gasteiger partial charge in [-0.2, -0.15) is 0 Å². The molecular weight excluding hydrogens is 220 g/mol. The zero-order chi connectivity index (χ0) is 12.1. The van der Waals surface area contributed by atoms with Crippen molar-refractivity contribution in [1.82, 2.24) is 4.90 Å². The van der Waals surface area contributed by atoms with Gasteiger partial charge in [0.2, 0.25) is 0 Å². The molecule has 0 radical (unpaired) electrons. The van der Waals surface area contributed by atoms with Gasteiger partial charge in [-0.15, -0.1) is 0 Å². The van der Waals surface area contributed by atoms with Crippen molar-refractivity contribution >= 4 is 17.3 Å². The van der Waals surface area contributed by atoms with Gasteiger partial charge in [-0.25, -0.2) is 0 Å². The molecule has 0 fully saturated rings. The number of nitrogens with two attached hydrogens (primary N) is 1. The first-order chi connectivity index (χ1) is 7.58. The fraction of sp³-hybridized carbons (Fsp3) is 0.538. The molecule has 0 atom stereocenters. The molecule has 2 N–H and O–H groups in total. The predicted octanol–water partition coefficient (Wildman–Crippen LogP) is 3.54. The lowest BCUT2D eigenvalue weighted by Crippen LogP contribution is -2.30. The van der Waals surface area contributed by atoms with Crippen molar-refractivity contribution in [3.8, 4) is 0 Å². The first kappa shape index (κ1) is 13.3. The Kier molecular flexibility index (Phi) is 5.10. The van der Waals surface area contributed by atoms with Gasteiger partial charge >= 0.3 is 0 Å². The lowest BCUT2D eigenvalue weighted by molar-refractivity contribution is 0.222. The first-order valence-electron chi connectivity index (χ1n) is 5.82. The molecule has 0 saturated heterocycles. The summed E-state index contributed by atoms with van der Waals surface area (Å²) in [7, 11) is 2.14. The molecule has 0 aliphatic carbocycles. The molecule has 0 saturated carbocycles. The normalized spacial score (nSPS) is 11.4. The summed E-state index contributed by atoms with van der Waals surface area (Å²) in [6, 6.07) is 6.34. The van der Waals surface area contributed by atoms with Crippen molar-refractivity contribution in [2.75, 3.05) is 12.8 Å². The molecule has 1 rings (SSSR count). The topological polar surface area (TPSA) is 29.3 Å². The van der Waals surface area contributed by atoms with Gasteiger partial charge in [-0.3, -0.25) is 4.90 Å². The summed E-state index contributed by atoms with van der Waals surface area (Å²) in [5.74, 6) is 0. The second-order valence-electron chi connectivity index (χ2n) is 4.23. The molecule has 0 heterocycles. The Morgan fingerprint density at radius 2 is 1.94 bits per heavy atom. The van der Waals surface area contributed by atoms with Crippen molar-refractivity contribution in [2.24, 2.45) is 0 Å². The monoisotopic (exact) mass is 240 g/mol. The number of hydrogen-bond acceptors (Lipinski definition) is 2. The van der Waals surface area contributed by atoms with Crippen molar-refractivity contribution in [3.05, 3.63) is 28.8 Å². The van der Waals surface area contributed by atoms with Crippen LogP contribution in [0.2, 0.25) is 5.02 Å². The van der Waals surface area contributed by atoms with E-state index < -0.39 is 0 Å². The number of anilines is 1. The molecule has 0 amide bonds. The number of nitrogens with zero attached hydrogens (tertiary/aromatic N) is 1. The highest BCUT2D eigenvalue weighted by Crippen LogP contribution is 2.20. The average molecular weight is 241 g/mol. The maximum Gasteiger partial charge on any atom is 0.0426 e. The van der Waals surface area contributed by atoms with E-state index in [1.807, 2.05) is 18.2 Å². The van der Waals surface area contributed by atoms with Gasteiger partial charge in [0, 0.05) is 23.3 Å². The van der Waals surface area contributed by atoms with Crippen LogP contribution >= 0.6 is 11.6 Å². The van der Waals surface area contributed by atoms with E-state index in [1.54, 1.807) is 0 Å². The summed E-state index contributed by atoms with van der Waals surface area (Å²) in [6.07, 6.45) is 2.33. The summed E-state index contributed by atoms with van der Waals surface area (Å²) in [4.78, 5) is 2.35. The highest BCUT2D eigenvalue weighted by atomic mass is 35.5. The third kappa shape index (κ3) is 3.39. The maximum atomic E-state index is 5.94. The largest absolute Gasteiger partial charge is 0.398 e. The summed E-state index contributed by atoms with van der Waals surface area (Å²) in [6.45, 7) is 5.32. The summed E-state index contributed by atoms with van der Waals surface area (Å²) < 4.78 is 0. The van der Waals surface area contributed by atoms with Gasteiger partial charge in [0.25, 0.3) is 0 Å². The van der Waals surface area contributed by atoms with Crippen LogP contribution < -0.4 is 5.73 Å². The molecule has 1 aromatic carbocycles. The van der Waals surface area contributed by atoms with E-state index >= 15 is 0 Å². The molecule has 0 aliphatic rings. The number of benzene rings is 1. The average Bonchev–Trinajstić information content (AvgIpc) is 2.24. The molecule has 16 heavy (non-hydrogen) atoms. The van der Waals surface area contributed by atoms with Gasteiger partial charge in [-0.1, -0.05) is 31.5 Å². The van der Waals surface area contributed by atoms with Crippen LogP contribution in [0.1, 0.15) is 32.3 Å². The van der Waals surface area contributed by atoms with E-state index in [-0.39, 0.29) is 0 Å². The fourth-order valence-corrected chi connectivity index (χ4v) is 2.20. The van der Waals surface area contributed by atoms with Crippen LogP contribution in [0.25, 0.3) is 0 Å². The van der Waals surface area contributed by atoms with Gasteiger partial charge in [0.05, 0.1) is 0 Å². The lowest BCUT2D eigenvalue weighted by Gasteiger charge is -2.26. The third-order valence-corrected chi connectivity index (χ3v) is 3.33. The molecule has 3 heteroatoms. The highest BCUT2D eigenvalue weighted by Gasteiger charge is 2.11. The Morgan fingerprint density at radius 3 is 2.44 bits per heavy atom. The minimum atomic E-state index is 0.620. The van der Waals surface area contributed by atoms with Gasteiger partial charge in [-0.05, 0) is 37.6 Å². The third-order valence-electron chi connectivity index (χ3n) is 3.09. The van der Waals surface area contributed by atoms with Crippen molar-refractivity contribution in [3.63, 3.8) is 0 Å². The molecular formula is C13H21ClN2. The minimum absolute atomic E-state index is 0.620. The molecule has 1 aromatic rings. The second-order valence-corrected chi connectivity index (χ2v) is 4.67. The molecule has 0 aliphatic heterocycles. The SMILES string of the molecule is CCC(CC)N(C)Cc1ccc(Cl)cc1N. The Balaban J connectivity index is 2.72. The number of nitrogen functional groups attached to an aromatic ring is 1. The Labute approximate surface area is 103 Å². The van der Waals surface area contributed by atoms with Crippen LogP contribution in [-0.4, -0.2) is 18.0 Å². The maximum absolute atomic E-state index is 5.94. The van der Waals surface area contributed by atoms with Gasteiger partial charge in [0.15, 0.2) is 0 Å². The highest BCUT2D eigenvalue weighted by molar-refractivity contribution is 6.30. The standard InChI is InChI=1S/C13H21ClN2/c1-4-12(5-2)16(3)9-10-6-7-11(14)8-13(10)15/h6-8,12H,4-5,9,15H2,1-3H3.